The number of anilines is 1. The van der Waals surface area contributed by atoms with E-state index in [-0.39, 0.29) is 24.3 Å². The summed E-state index contributed by atoms with van der Waals surface area (Å²) >= 11 is 3.38. The van der Waals surface area contributed by atoms with Crippen molar-refractivity contribution in [3.8, 4) is 0 Å². The number of aryl methyl sites for hydroxylation is 1. The molecule has 1 aromatic carbocycles. The first kappa shape index (κ1) is 18.6. The lowest BCUT2D eigenvalue weighted by molar-refractivity contribution is -0.135. The van der Waals surface area contributed by atoms with Gasteiger partial charge in [-0.3, -0.25) is 9.59 Å². The number of carbonyl (C=O) groups excluding carboxylic acids is 2. The van der Waals surface area contributed by atoms with Crippen molar-refractivity contribution in [3.05, 3.63) is 28.2 Å². The highest BCUT2D eigenvalue weighted by molar-refractivity contribution is 9.10. The summed E-state index contributed by atoms with van der Waals surface area (Å²) in [6, 6.07) is 5.03. The SMILES string of the molecule is CCC(C)C(N)C(=O)N(C)CC(=O)Nc1ccc(Br)cc1C. The van der Waals surface area contributed by atoms with Crippen LogP contribution < -0.4 is 11.1 Å². The molecular formula is C16H24BrN3O2. The summed E-state index contributed by atoms with van der Waals surface area (Å²) in [5, 5.41) is 2.81. The first-order valence-corrected chi connectivity index (χ1v) is 8.12. The van der Waals surface area contributed by atoms with Crippen LogP contribution in [0.3, 0.4) is 0 Å². The highest BCUT2D eigenvalue weighted by Gasteiger charge is 2.24. The van der Waals surface area contributed by atoms with Crippen LogP contribution in [0.2, 0.25) is 0 Å². The average molecular weight is 370 g/mol. The lowest BCUT2D eigenvalue weighted by atomic mass is 9.99. The normalized spacial score (nSPS) is 13.4. The Bertz CT molecular complexity index is 548. The Morgan fingerprint density at radius 3 is 2.59 bits per heavy atom. The van der Waals surface area contributed by atoms with Crippen LogP contribution in [0.4, 0.5) is 5.69 Å². The van der Waals surface area contributed by atoms with Crippen LogP contribution in [-0.4, -0.2) is 36.3 Å². The maximum Gasteiger partial charge on any atom is 0.243 e. The van der Waals surface area contributed by atoms with Crippen molar-refractivity contribution in [1.29, 1.82) is 0 Å². The molecule has 0 aromatic heterocycles. The van der Waals surface area contributed by atoms with Gasteiger partial charge in [0.25, 0.3) is 0 Å². The Labute approximate surface area is 140 Å². The summed E-state index contributed by atoms with van der Waals surface area (Å²) in [6.45, 7) is 5.81. The van der Waals surface area contributed by atoms with Crippen molar-refractivity contribution in [1.82, 2.24) is 4.90 Å². The lowest BCUT2D eigenvalue weighted by Crippen LogP contribution is -2.47. The molecule has 2 atom stereocenters. The molecule has 6 heteroatoms. The van der Waals surface area contributed by atoms with Gasteiger partial charge in [0.05, 0.1) is 12.6 Å². The molecule has 0 aliphatic carbocycles. The van der Waals surface area contributed by atoms with Gasteiger partial charge in [-0.15, -0.1) is 0 Å². The molecule has 5 nitrogen and oxygen atoms in total. The quantitative estimate of drug-likeness (QED) is 0.808. The van der Waals surface area contributed by atoms with Crippen LogP contribution in [0.25, 0.3) is 0 Å². The molecule has 2 unspecified atom stereocenters. The third-order valence-corrected chi connectivity index (χ3v) is 4.25. The zero-order chi connectivity index (χ0) is 16.9. The van der Waals surface area contributed by atoms with Gasteiger partial charge in [0.1, 0.15) is 0 Å². The van der Waals surface area contributed by atoms with Crippen LogP contribution in [0.15, 0.2) is 22.7 Å². The minimum atomic E-state index is -0.572. The monoisotopic (exact) mass is 369 g/mol. The fourth-order valence-electron chi connectivity index (χ4n) is 2.00. The molecule has 1 rings (SSSR count). The van der Waals surface area contributed by atoms with Gasteiger partial charge in [-0.1, -0.05) is 36.2 Å². The predicted octanol–water partition coefficient (Wildman–Crippen LogP) is 2.53. The summed E-state index contributed by atoms with van der Waals surface area (Å²) in [6.07, 6.45) is 0.824. The second-order valence-corrected chi connectivity index (χ2v) is 6.53. The molecule has 0 aliphatic rings. The first-order valence-electron chi connectivity index (χ1n) is 7.32. The van der Waals surface area contributed by atoms with E-state index in [2.05, 4.69) is 21.2 Å². The third kappa shape index (κ3) is 5.10. The predicted molar refractivity (Wildman–Crippen MR) is 92.6 cm³/mol. The van der Waals surface area contributed by atoms with Gasteiger partial charge in [0, 0.05) is 17.2 Å². The largest absolute Gasteiger partial charge is 0.335 e. The molecule has 0 radical (unpaired) electrons. The Morgan fingerprint density at radius 2 is 2.05 bits per heavy atom. The Morgan fingerprint density at radius 1 is 1.41 bits per heavy atom. The molecule has 0 spiro atoms. The zero-order valence-electron chi connectivity index (χ0n) is 13.5. The third-order valence-electron chi connectivity index (χ3n) is 3.76. The Hall–Kier alpha value is -1.40. The fraction of sp³-hybridized carbons (Fsp3) is 0.500. The second kappa shape index (κ2) is 8.29. The van der Waals surface area contributed by atoms with E-state index in [1.54, 1.807) is 7.05 Å². The Kier molecular flexibility index (Phi) is 7.03. The van der Waals surface area contributed by atoms with E-state index < -0.39 is 6.04 Å². The summed E-state index contributed by atoms with van der Waals surface area (Å²) in [5.41, 5.74) is 7.60. The van der Waals surface area contributed by atoms with Gasteiger partial charge in [-0.05, 0) is 36.6 Å². The van der Waals surface area contributed by atoms with Gasteiger partial charge >= 0.3 is 0 Å². The number of amides is 2. The summed E-state index contributed by atoms with van der Waals surface area (Å²) in [5.74, 6) is -0.360. The van der Waals surface area contributed by atoms with Gasteiger partial charge in [0.15, 0.2) is 0 Å². The molecule has 2 amide bonds. The molecule has 0 saturated heterocycles. The standard InChI is InChI=1S/C16H24BrN3O2/c1-5-10(2)15(18)16(22)20(4)9-14(21)19-13-7-6-12(17)8-11(13)3/h6-8,10,15H,5,9,18H2,1-4H3,(H,19,21). The topological polar surface area (TPSA) is 75.4 Å². The molecule has 1 aromatic rings. The van der Waals surface area contributed by atoms with E-state index in [0.717, 1.165) is 22.1 Å². The molecule has 0 aliphatic heterocycles. The zero-order valence-corrected chi connectivity index (χ0v) is 15.1. The van der Waals surface area contributed by atoms with Crippen molar-refractivity contribution < 1.29 is 9.59 Å². The minimum Gasteiger partial charge on any atom is -0.335 e. The maximum absolute atomic E-state index is 12.2. The minimum absolute atomic E-state index is 0.0154. The number of benzene rings is 1. The molecule has 3 N–H and O–H groups in total. The molecule has 122 valence electrons. The first-order chi connectivity index (χ1) is 10.3. The van der Waals surface area contributed by atoms with Crippen LogP contribution in [0, 0.1) is 12.8 Å². The molecule has 0 saturated carbocycles. The number of halogens is 1. The van der Waals surface area contributed by atoms with Crippen LogP contribution in [0.5, 0.6) is 0 Å². The molecule has 0 heterocycles. The van der Waals surface area contributed by atoms with Crippen LogP contribution in [0.1, 0.15) is 25.8 Å². The van der Waals surface area contributed by atoms with E-state index >= 15 is 0 Å². The second-order valence-electron chi connectivity index (χ2n) is 5.61. The summed E-state index contributed by atoms with van der Waals surface area (Å²) in [7, 11) is 1.60. The van der Waals surface area contributed by atoms with E-state index in [9.17, 15) is 9.59 Å². The molecule has 22 heavy (non-hydrogen) atoms. The van der Waals surface area contributed by atoms with Gasteiger partial charge < -0.3 is 16.0 Å². The van der Waals surface area contributed by atoms with Crippen molar-refractivity contribution in [2.75, 3.05) is 18.9 Å². The van der Waals surface area contributed by atoms with Crippen LogP contribution in [-0.2, 0) is 9.59 Å². The average Bonchev–Trinajstić information content (AvgIpc) is 2.47. The number of rotatable bonds is 6. The van der Waals surface area contributed by atoms with Crippen molar-refractivity contribution in [3.63, 3.8) is 0 Å². The van der Waals surface area contributed by atoms with Gasteiger partial charge in [0.2, 0.25) is 11.8 Å². The highest BCUT2D eigenvalue weighted by atomic mass is 79.9. The summed E-state index contributed by atoms with van der Waals surface area (Å²) in [4.78, 5) is 25.6. The van der Waals surface area contributed by atoms with E-state index in [1.807, 2.05) is 39.0 Å². The number of nitrogens with two attached hydrogens (primary N) is 1. The molecule has 0 fully saturated rings. The van der Waals surface area contributed by atoms with E-state index in [4.69, 9.17) is 5.73 Å². The molecule has 0 bridgehead atoms. The van der Waals surface area contributed by atoms with Gasteiger partial charge in [-0.2, -0.15) is 0 Å². The van der Waals surface area contributed by atoms with E-state index in [0.29, 0.717) is 0 Å². The number of likely N-dealkylation sites (N-methyl/N-ethyl adjacent to an activating group) is 1. The summed E-state index contributed by atoms with van der Waals surface area (Å²) < 4.78 is 0.954. The number of nitrogens with one attached hydrogen (secondary N) is 1. The fourth-order valence-corrected chi connectivity index (χ4v) is 2.48. The number of nitrogens with zero attached hydrogens (tertiary/aromatic N) is 1. The van der Waals surface area contributed by atoms with Crippen molar-refractivity contribution in [2.24, 2.45) is 11.7 Å². The lowest BCUT2D eigenvalue weighted by Gasteiger charge is -2.24. The number of hydrogen-bond donors (Lipinski definition) is 2. The van der Waals surface area contributed by atoms with E-state index in [1.165, 1.54) is 4.90 Å². The Balaban J connectivity index is 2.62. The number of hydrogen-bond acceptors (Lipinski definition) is 3. The van der Waals surface area contributed by atoms with Crippen molar-refractivity contribution >= 4 is 33.4 Å². The van der Waals surface area contributed by atoms with Crippen LogP contribution >= 0.6 is 15.9 Å². The number of carbonyl (C=O) groups is 2. The highest BCUT2D eigenvalue weighted by Crippen LogP contribution is 2.20. The maximum atomic E-state index is 12.2. The van der Waals surface area contributed by atoms with Crippen molar-refractivity contribution in [2.45, 2.75) is 33.2 Å². The molecular weight excluding hydrogens is 346 g/mol. The van der Waals surface area contributed by atoms with Gasteiger partial charge in [-0.25, -0.2) is 0 Å². The smallest absolute Gasteiger partial charge is 0.243 e.